The lowest BCUT2D eigenvalue weighted by Crippen LogP contribution is -2.31. The summed E-state index contributed by atoms with van der Waals surface area (Å²) < 4.78 is 26.7. The average Bonchev–Trinajstić information content (AvgIpc) is 3.11. The van der Waals surface area contributed by atoms with Crippen LogP contribution in [-0.2, 0) is 10.0 Å². The molecule has 2 aromatic heterocycles. The quantitative estimate of drug-likeness (QED) is 0.912. The van der Waals surface area contributed by atoms with E-state index in [1.54, 1.807) is 12.4 Å². The van der Waals surface area contributed by atoms with Crippen molar-refractivity contribution in [3.63, 3.8) is 0 Å². The lowest BCUT2D eigenvalue weighted by molar-refractivity contribution is 0.389. The number of nitrogens with one attached hydrogen (secondary N) is 1. The number of rotatable bonds is 3. The summed E-state index contributed by atoms with van der Waals surface area (Å²) in [6.45, 7) is 2.34. The summed E-state index contributed by atoms with van der Waals surface area (Å²) in [6, 6.07) is -0.248. The molecule has 0 bridgehead atoms. The predicted octanol–water partition coefficient (Wildman–Crippen LogP) is 1.03. The number of aryl methyl sites for hydroxylation is 1. The SMILES string of the molecule is Cc1cncc([C@@H]2CCCN2S(=O)(=O)c2cn[nH]c2)n1. The van der Waals surface area contributed by atoms with Crippen molar-refractivity contribution in [2.75, 3.05) is 6.54 Å². The van der Waals surface area contributed by atoms with Crippen LogP contribution >= 0.6 is 0 Å². The Morgan fingerprint density at radius 3 is 2.90 bits per heavy atom. The highest BCUT2D eigenvalue weighted by atomic mass is 32.2. The molecule has 1 aliphatic heterocycles. The number of aromatic amines is 1. The molecule has 106 valence electrons. The Morgan fingerprint density at radius 1 is 1.35 bits per heavy atom. The molecule has 1 saturated heterocycles. The summed E-state index contributed by atoms with van der Waals surface area (Å²) in [7, 11) is -3.53. The first kappa shape index (κ1) is 13.2. The van der Waals surface area contributed by atoms with Crippen molar-refractivity contribution >= 4 is 10.0 Å². The molecule has 1 fully saturated rings. The third kappa shape index (κ3) is 2.20. The van der Waals surface area contributed by atoms with Gasteiger partial charge in [-0.25, -0.2) is 8.42 Å². The molecule has 1 atom stereocenters. The molecule has 0 spiro atoms. The normalized spacial score (nSPS) is 20.4. The van der Waals surface area contributed by atoms with Crippen LogP contribution < -0.4 is 0 Å². The summed E-state index contributed by atoms with van der Waals surface area (Å²) in [6.07, 6.45) is 7.60. The van der Waals surface area contributed by atoms with Gasteiger partial charge in [0.25, 0.3) is 0 Å². The van der Waals surface area contributed by atoms with Crippen molar-refractivity contribution in [1.29, 1.82) is 0 Å². The summed E-state index contributed by atoms with van der Waals surface area (Å²) in [4.78, 5) is 8.70. The maximum atomic E-state index is 12.6. The zero-order valence-electron chi connectivity index (χ0n) is 11.0. The zero-order chi connectivity index (χ0) is 14.2. The van der Waals surface area contributed by atoms with E-state index in [-0.39, 0.29) is 10.9 Å². The van der Waals surface area contributed by atoms with Gasteiger partial charge in [0, 0.05) is 18.9 Å². The molecule has 0 radical (unpaired) electrons. The van der Waals surface area contributed by atoms with Crippen LogP contribution in [0, 0.1) is 6.92 Å². The van der Waals surface area contributed by atoms with Crippen molar-refractivity contribution in [2.45, 2.75) is 30.7 Å². The van der Waals surface area contributed by atoms with Gasteiger partial charge in [-0.1, -0.05) is 0 Å². The van der Waals surface area contributed by atoms with E-state index in [0.717, 1.165) is 18.5 Å². The maximum absolute atomic E-state index is 12.6. The minimum absolute atomic E-state index is 0.185. The van der Waals surface area contributed by atoms with E-state index >= 15 is 0 Å². The molecule has 20 heavy (non-hydrogen) atoms. The van der Waals surface area contributed by atoms with Crippen LogP contribution in [0.5, 0.6) is 0 Å². The number of H-pyrrole nitrogens is 1. The van der Waals surface area contributed by atoms with Crippen LogP contribution in [0.1, 0.15) is 30.3 Å². The first-order valence-corrected chi connectivity index (χ1v) is 7.82. The molecule has 1 aliphatic rings. The Kier molecular flexibility index (Phi) is 3.27. The fraction of sp³-hybridized carbons (Fsp3) is 0.417. The fourth-order valence-corrected chi connectivity index (χ4v) is 4.06. The molecule has 8 heteroatoms. The van der Waals surface area contributed by atoms with E-state index in [1.165, 1.54) is 16.7 Å². The molecular formula is C12H15N5O2S. The van der Waals surface area contributed by atoms with E-state index in [9.17, 15) is 8.42 Å². The molecule has 0 saturated carbocycles. The lowest BCUT2D eigenvalue weighted by atomic mass is 10.2. The number of hydrogen-bond acceptors (Lipinski definition) is 5. The van der Waals surface area contributed by atoms with Crippen molar-refractivity contribution < 1.29 is 8.42 Å². The van der Waals surface area contributed by atoms with Gasteiger partial charge in [-0.05, 0) is 19.8 Å². The lowest BCUT2D eigenvalue weighted by Gasteiger charge is -2.22. The Hall–Kier alpha value is -1.80. The van der Waals surface area contributed by atoms with Gasteiger partial charge in [-0.2, -0.15) is 9.40 Å². The smallest absolute Gasteiger partial charge is 0.246 e. The van der Waals surface area contributed by atoms with E-state index in [2.05, 4.69) is 20.2 Å². The molecule has 0 aliphatic carbocycles. The van der Waals surface area contributed by atoms with E-state index in [0.29, 0.717) is 12.2 Å². The second-order valence-corrected chi connectivity index (χ2v) is 6.68. The van der Waals surface area contributed by atoms with Crippen LogP contribution in [-0.4, -0.2) is 39.4 Å². The minimum atomic E-state index is -3.53. The van der Waals surface area contributed by atoms with E-state index in [4.69, 9.17) is 0 Å². The molecule has 3 heterocycles. The molecule has 0 unspecified atom stereocenters. The van der Waals surface area contributed by atoms with Gasteiger partial charge in [-0.3, -0.25) is 15.1 Å². The second-order valence-electron chi connectivity index (χ2n) is 4.79. The highest BCUT2D eigenvalue weighted by Crippen LogP contribution is 2.35. The standard InChI is InChI=1S/C12H15N5O2S/c1-9-5-13-8-11(16-9)12-3-2-4-17(12)20(18,19)10-6-14-15-7-10/h5-8,12H,2-4H2,1H3,(H,14,15)/t12-/m0/s1. The molecule has 3 rings (SSSR count). The summed E-state index contributed by atoms with van der Waals surface area (Å²) in [5, 5.41) is 6.25. The molecule has 0 amide bonds. The van der Waals surface area contributed by atoms with Gasteiger partial charge in [0.05, 0.1) is 29.8 Å². The average molecular weight is 293 g/mol. The Balaban J connectivity index is 1.98. The predicted molar refractivity (Wildman–Crippen MR) is 71.2 cm³/mol. The van der Waals surface area contributed by atoms with Gasteiger partial charge in [-0.15, -0.1) is 0 Å². The van der Waals surface area contributed by atoms with Gasteiger partial charge >= 0.3 is 0 Å². The number of sulfonamides is 1. The van der Waals surface area contributed by atoms with Gasteiger partial charge in [0.15, 0.2) is 0 Å². The zero-order valence-corrected chi connectivity index (χ0v) is 11.8. The topological polar surface area (TPSA) is 91.8 Å². The third-order valence-corrected chi connectivity index (χ3v) is 5.27. The largest absolute Gasteiger partial charge is 0.284 e. The van der Waals surface area contributed by atoms with Crippen molar-refractivity contribution in [1.82, 2.24) is 24.5 Å². The summed E-state index contributed by atoms with van der Waals surface area (Å²) >= 11 is 0. The van der Waals surface area contributed by atoms with Gasteiger partial charge in [0.1, 0.15) is 4.90 Å². The van der Waals surface area contributed by atoms with Crippen LogP contribution in [0.3, 0.4) is 0 Å². The van der Waals surface area contributed by atoms with Crippen LogP contribution in [0.4, 0.5) is 0 Å². The van der Waals surface area contributed by atoms with Gasteiger partial charge in [0.2, 0.25) is 10.0 Å². The first-order chi connectivity index (χ1) is 9.59. The van der Waals surface area contributed by atoms with Crippen LogP contribution in [0.15, 0.2) is 29.7 Å². The maximum Gasteiger partial charge on any atom is 0.246 e. The monoisotopic (exact) mass is 293 g/mol. The van der Waals surface area contributed by atoms with Crippen molar-refractivity contribution in [2.24, 2.45) is 0 Å². The molecular weight excluding hydrogens is 278 g/mol. The van der Waals surface area contributed by atoms with Gasteiger partial charge < -0.3 is 0 Å². The summed E-state index contributed by atoms with van der Waals surface area (Å²) in [5.74, 6) is 0. The Labute approximate surface area is 117 Å². The third-order valence-electron chi connectivity index (χ3n) is 3.40. The van der Waals surface area contributed by atoms with Crippen LogP contribution in [0.25, 0.3) is 0 Å². The second kappa shape index (κ2) is 4.95. The summed E-state index contributed by atoms with van der Waals surface area (Å²) in [5.41, 5.74) is 1.49. The van der Waals surface area contributed by atoms with Crippen molar-refractivity contribution in [3.05, 3.63) is 36.2 Å². The number of aromatic nitrogens is 4. The highest BCUT2D eigenvalue weighted by molar-refractivity contribution is 7.89. The Morgan fingerprint density at radius 2 is 2.20 bits per heavy atom. The number of nitrogens with zero attached hydrogens (tertiary/aromatic N) is 4. The fourth-order valence-electron chi connectivity index (χ4n) is 2.48. The van der Waals surface area contributed by atoms with E-state index in [1.807, 2.05) is 6.92 Å². The Bertz CT molecular complexity index is 698. The molecule has 1 N–H and O–H groups in total. The minimum Gasteiger partial charge on any atom is -0.284 e. The highest BCUT2D eigenvalue weighted by Gasteiger charge is 2.37. The molecule has 7 nitrogen and oxygen atoms in total. The molecule has 2 aromatic rings. The number of hydrogen-bond donors (Lipinski definition) is 1. The first-order valence-electron chi connectivity index (χ1n) is 6.38. The molecule has 0 aromatic carbocycles. The van der Waals surface area contributed by atoms with Crippen molar-refractivity contribution in [3.8, 4) is 0 Å². The van der Waals surface area contributed by atoms with Crippen LogP contribution in [0.2, 0.25) is 0 Å². The van der Waals surface area contributed by atoms with E-state index < -0.39 is 10.0 Å².